The summed E-state index contributed by atoms with van der Waals surface area (Å²) in [6, 6.07) is 5.09. The van der Waals surface area contributed by atoms with Crippen molar-refractivity contribution in [1.82, 2.24) is 5.32 Å². The van der Waals surface area contributed by atoms with Gasteiger partial charge in [0.15, 0.2) is 11.5 Å². The molecule has 1 saturated heterocycles. The summed E-state index contributed by atoms with van der Waals surface area (Å²) < 4.78 is 15.7. The minimum Gasteiger partial charge on any atom is -0.493 e. The summed E-state index contributed by atoms with van der Waals surface area (Å²) in [4.78, 5) is 12.4. The molecule has 116 valence electrons. The van der Waals surface area contributed by atoms with Crippen molar-refractivity contribution < 1.29 is 19.0 Å². The van der Waals surface area contributed by atoms with Gasteiger partial charge in [0.2, 0.25) is 0 Å². The highest BCUT2D eigenvalue weighted by Crippen LogP contribution is 2.28. The number of ether oxygens (including phenoxy) is 3. The van der Waals surface area contributed by atoms with E-state index in [4.69, 9.17) is 19.9 Å². The molecule has 1 heterocycles. The van der Waals surface area contributed by atoms with E-state index in [1.165, 1.54) is 0 Å². The van der Waals surface area contributed by atoms with Gasteiger partial charge in [-0.25, -0.2) is 0 Å². The van der Waals surface area contributed by atoms with Crippen molar-refractivity contribution in [1.29, 1.82) is 0 Å². The zero-order valence-corrected chi connectivity index (χ0v) is 12.5. The number of nitrogens with two attached hydrogens (primary N) is 1. The molecule has 0 bridgehead atoms. The summed E-state index contributed by atoms with van der Waals surface area (Å²) in [5.41, 5.74) is 5.99. The van der Waals surface area contributed by atoms with E-state index in [0.29, 0.717) is 36.8 Å². The predicted molar refractivity (Wildman–Crippen MR) is 78.9 cm³/mol. The molecule has 3 N–H and O–H groups in total. The van der Waals surface area contributed by atoms with Crippen LogP contribution in [0.3, 0.4) is 0 Å². The second-order valence-electron chi connectivity index (χ2n) is 5.12. The first-order chi connectivity index (χ1) is 10.1. The molecule has 0 atom stereocenters. The Labute approximate surface area is 124 Å². The quantitative estimate of drug-likeness (QED) is 0.844. The molecule has 0 saturated carbocycles. The van der Waals surface area contributed by atoms with Crippen LogP contribution in [-0.2, 0) is 4.74 Å². The SMILES string of the molecule is COc1ccc(C(=O)NC2(CN)CCOCC2)cc1OC. The Morgan fingerprint density at radius 3 is 2.52 bits per heavy atom. The number of amides is 1. The Morgan fingerprint density at radius 1 is 1.29 bits per heavy atom. The molecule has 0 aromatic heterocycles. The van der Waals surface area contributed by atoms with Crippen molar-refractivity contribution in [2.75, 3.05) is 34.0 Å². The summed E-state index contributed by atoms with van der Waals surface area (Å²) in [6.45, 7) is 1.63. The monoisotopic (exact) mass is 294 g/mol. The topological polar surface area (TPSA) is 82.8 Å². The molecule has 1 aromatic carbocycles. The van der Waals surface area contributed by atoms with E-state index >= 15 is 0 Å². The number of nitrogens with one attached hydrogen (secondary N) is 1. The molecule has 1 amide bonds. The first-order valence-corrected chi connectivity index (χ1v) is 6.96. The van der Waals surface area contributed by atoms with Gasteiger partial charge in [-0.1, -0.05) is 0 Å². The van der Waals surface area contributed by atoms with E-state index < -0.39 is 0 Å². The van der Waals surface area contributed by atoms with Gasteiger partial charge in [-0.3, -0.25) is 4.79 Å². The zero-order chi connectivity index (χ0) is 15.3. The van der Waals surface area contributed by atoms with Gasteiger partial charge in [-0.05, 0) is 31.0 Å². The lowest BCUT2D eigenvalue weighted by Gasteiger charge is -2.37. The number of rotatable bonds is 5. The lowest BCUT2D eigenvalue weighted by atomic mass is 9.89. The predicted octanol–water partition coefficient (Wildman–Crippen LogP) is 0.941. The van der Waals surface area contributed by atoms with Crippen LogP contribution in [0.15, 0.2) is 18.2 Å². The Kier molecular flexibility index (Phi) is 5.03. The fourth-order valence-corrected chi connectivity index (χ4v) is 2.43. The van der Waals surface area contributed by atoms with Gasteiger partial charge in [0.25, 0.3) is 5.91 Å². The minimum atomic E-state index is -0.386. The average molecular weight is 294 g/mol. The van der Waals surface area contributed by atoms with Crippen LogP contribution in [0, 0.1) is 0 Å². The van der Waals surface area contributed by atoms with Crippen molar-refractivity contribution in [3.63, 3.8) is 0 Å². The summed E-state index contributed by atoms with van der Waals surface area (Å²) in [5, 5.41) is 3.05. The van der Waals surface area contributed by atoms with E-state index in [0.717, 1.165) is 12.8 Å². The van der Waals surface area contributed by atoms with Crippen molar-refractivity contribution >= 4 is 5.91 Å². The number of hydrogen-bond acceptors (Lipinski definition) is 5. The smallest absolute Gasteiger partial charge is 0.251 e. The highest BCUT2D eigenvalue weighted by atomic mass is 16.5. The lowest BCUT2D eigenvalue weighted by molar-refractivity contribution is 0.0388. The van der Waals surface area contributed by atoms with Gasteiger partial charge >= 0.3 is 0 Å². The van der Waals surface area contributed by atoms with Crippen LogP contribution in [0.25, 0.3) is 0 Å². The van der Waals surface area contributed by atoms with Crippen LogP contribution in [0.5, 0.6) is 11.5 Å². The first-order valence-electron chi connectivity index (χ1n) is 6.96. The Morgan fingerprint density at radius 2 is 1.95 bits per heavy atom. The second kappa shape index (κ2) is 6.78. The fraction of sp³-hybridized carbons (Fsp3) is 0.533. The number of hydrogen-bond donors (Lipinski definition) is 2. The van der Waals surface area contributed by atoms with E-state index in [1.54, 1.807) is 32.4 Å². The third-order valence-corrected chi connectivity index (χ3v) is 3.87. The van der Waals surface area contributed by atoms with Gasteiger partial charge in [0.1, 0.15) is 0 Å². The maximum atomic E-state index is 12.4. The third kappa shape index (κ3) is 3.46. The van der Waals surface area contributed by atoms with Gasteiger partial charge < -0.3 is 25.3 Å². The average Bonchev–Trinajstić information content (AvgIpc) is 2.54. The van der Waals surface area contributed by atoms with Crippen LogP contribution in [-0.4, -0.2) is 45.4 Å². The molecule has 6 nitrogen and oxygen atoms in total. The third-order valence-electron chi connectivity index (χ3n) is 3.87. The highest BCUT2D eigenvalue weighted by molar-refractivity contribution is 5.95. The molecule has 21 heavy (non-hydrogen) atoms. The summed E-state index contributed by atoms with van der Waals surface area (Å²) in [7, 11) is 3.10. The van der Waals surface area contributed by atoms with Crippen molar-refractivity contribution in [2.24, 2.45) is 5.73 Å². The summed E-state index contributed by atoms with van der Waals surface area (Å²) >= 11 is 0. The molecule has 1 aliphatic rings. The van der Waals surface area contributed by atoms with Crippen molar-refractivity contribution in [2.45, 2.75) is 18.4 Å². The molecular weight excluding hydrogens is 272 g/mol. The number of carbonyl (C=O) groups excluding carboxylic acids is 1. The van der Waals surface area contributed by atoms with Gasteiger partial charge in [0, 0.05) is 25.3 Å². The van der Waals surface area contributed by atoms with E-state index in [9.17, 15) is 4.79 Å². The molecule has 0 spiro atoms. The standard InChI is InChI=1S/C15H22N2O4/c1-19-12-4-3-11(9-13(12)20-2)14(18)17-15(10-16)5-7-21-8-6-15/h3-4,9H,5-8,10,16H2,1-2H3,(H,17,18). The first kappa shape index (κ1) is 15.6. The molecule has 6 heteroatoms. The van der Waals surface area contributed by atoms with E-state index in [1.807, 2.05) is 0 Å². The van der Waals surface area contributed by atoms with Crippen molar-refractivity contribution in [3.8, 4) is 11.5 Å². The van der Waals surface area contributed by atoms with Crippen LogP contribution in [0.2, 0.25) is 0 Å². The Hall–Kier alpha value is -1.79. The summed E-state index contributed by atoms with van der Waals surface area (Å²) in [6.07, 6.45) is 1.45. The van der Waals surface area contributed by atoms with Crippen LogP contribution >= 0.6 is 0 Å². The van der Waals surface area contributed by atoms with Gasteiger partial charge in [-0.2, -0.15) is 0 Å². The van der Waals surface area contributed by atoms with Crippen LogP contribution in [0.4, 0.5) is 0 Å². The maximum Gasteiger partial charge on any atom is 0.251 e. The zero-order valence-electron chi connectivity index (χ0n) is 12.5. The minimum absolute atomic E-state index is 0.164. The van der Waals surface area contributed by atoms with E-state index in [2.05, 4.69) is 5.32 Å². The fourth-order valence-electron chi connectivity index (χ4n) is 2.43. The molecular formula is C15H22N2O4. The largest absolute Gasteiger partial charge is 0.493 e. The number of carbonyl (C=O) groups is 1. The molecule has 0 unspecified atom stereocenters. The van der Waals surface area contributed by atoms with Crippen LogP contribution < -0.4 is 20.5 Å². The Bertz CT molecular complexity index is 498. The lowest BCUT2D eigenvalue weighted by Crippen LogP contribution is -2.56. The molecule has 1 fully saturated rings. The normalized spacial score (nSPS) is 17.1. The van der Waals surface area contributed by atoms with Gasteiger partial charge in [0.05, 0.1) is 19.8 Å². The maximum absolute atomic E-state index is 12.4. The molecule has 2 rings (SSSR count). The van der Waals surface area contributed by atoms with Gasteiger partial charge in [-0.15, -0.1) is 0 Å². The van der Waals surface area contributed by atoms with E-state index in [-0.39, 0.29) is 11.4 Å². The second-order valence-corrected chi connectivity index (χ2v) is 5.12. The highest BCUT2D eigenvalue weighted by Gasteiger charge is 2.33. The Balaban J connectivity index is 2.15. The number of methoxy groups -OCH3 is 2. The summed E-state index contributed by atoms with van der Waals surface area (Å²) in [5.74, 6) is 0.955. The molecule has 1 aliphatic heterocycles. The molecule has 0 radical (unpaired) electrons. The number of benzene rings is 1. The van der Waals surface area contributed by atoms with Crippen LogP contribution in [0.1, 0.15) is 23.2 Å². The van der Waals surface area contributed by atoms with Crippen molar-refractivity contribution in [3.05, 3.63) is 23.8 Å². The molecule has 0 aliphatic carbocycles. The molecule has 1 aromatic rings.